The van der Waals surface area contributed by atoms with E-state index in [2.05, 4.69) is 29.8 Å². The molecule has 0 atom stereocenters. The van der Waals surface area contributed by atoms with Gasteiger partial charge in [0.15, 0.2) is 9.76 Å². The molecular formula is C10H30O3Si2. The first-order chi connectivity index (χ1) is 7.24. The van der Waals surface area contributed by atoms with Crippen molar-refractivity contribution in [2.45, 2.75) is 46.8 Å². The van der Waals surface area contributed by atoms with Gasteiger partial charge in [-0.05, 0) is 20.8 Å². The van der Waals surface area contributed by atoms with Crippen LogP contribution >= 0.6 is 0 Å². The zero-order valence-corrected chi connectivity index (χ0v) is 14.3. The highest BCUT2D eigenvalue weighted by atomic mass is 28.2. The van der Waals surface area contributed by atoms with Gasteiger partial charge in [-0.25, -0.2) is 9.78 Å². The maximum atomic E-state index is 4.97. The van der Waals surface area contributed by atoms with Crippen LogP contribution in [0.25, 0.3) is 0 Å². The normalized spacial score (nSPS) is 10.0. The maximum Gasteiger partial charge on any atom is 0.158 e. The van der Waals surface area contributed by atoms with Crippen molar-refractivity contribution in [3.8, 4) is 0 Å². The second kappa shape index (κ2) is 29.2. The Bertz CT molecular complexity index is 67.7. The summed E-state index contributed by atoms with van der Waals surface area (Å²) in [5.74, 6) is 0. The average molecular weight is 255 g/mol. The van der Waals surface area contributed by atoms with E-state index in [-0.39, 0.29) is 9.76 Å². The highest BCUT2D eigenvalue weighted by Gasteiger charge is 1.71. The standard InChI is InChI=1S/C4H10O2.C3H10OSi.C3H10Si/c1-3-5-6-4-2;1-3-4-5-2;1-3-4-2/h3-4H2,1-2H3;3,5H2,1-2H3;3-4H2,1-2H3. The minimum atomic E-state index is -0.0860. The fourth-order valence-electron chi connectivity index (χ4n) is 0.371. The van der Waals surface area contributed by atoms with Gasteiger partial charge in [0.2, 0.25) is 0 Å². The second-order valence-corrected chi connectivity index (χ2v) is 5.58. The van der Waals surface area contributed by atoms with E-state index in [4.69, 9.17) is 4.43 Å². The molecule has 0 heterocycles. The van der Waals surface area contributed by atoms with E-state index in [1.165, 1.54) is 6.04 Å². The van der Waals surface area contributed by atoms with E-state index < -0.39 is 0 Å². The quantitative estimate of drug-likeness (QED) is 0.313. The van der Waals surface area contributed by atoms with Crippen LogP contribution in [0.15, 0.2) is 0 Å². The predicted molar refractivity (Wildman–Crippen MR) is 74.2 cm³/mol. The molecule has 0 aromatic rings. The molecule has 0 radical (unpaired) electrons. The molecule has 0 saturated heterocycles. The molecule has 0 rings (SSSR count). The molecule has 96 valence electrons. The van der Waals surface area contributed by atoms with Crippen molar-refractivity contribution in [2.75, 3.05) is 19.8 Å². The highest BCUT2D eigenvalue weighted by molar-refractivity contribution is 6.33. The van der Waals surface area contributed by atoms with Gasteiger partial charge in [0, 0.05) is 16.1 Å². The summed E-state index contributed by atoms with van der Waals surface area (Å²) in [5, 5.41) is 0. The molecule has 0 saturated carbocycles. The van der Waals surface area contributed by atoms with Crippen molar-refractivity contribution in [1.29, 1.82) is 0 Å². The van der Waals surface area contributed by atoms with Gasteiger partial charge in [-0.2, -0.15) is 0 Å². The van der Waals surface area contributed by atoms with Crippen LogP contribution in [0.2, 0.25) is 19.1 Å². The van der Waals surface area contributed by atoms with Gasteiger partial charge in [0.05, 0.1) is 13.2 Å². The molecular weight excluding hydrogens is 224 g/mol. The molecule has 15 heavy (non-hydrogen) atoms. The summed E-state index contributed by atoms with van der Waals surface area (Å²) in [4.78, 5) is 8.97. The molecule has 0 aromatic carbocycles. The lowest BCUT2D eigenvalue weighted by atomic mass is 10.9. The largest absolute Gasteiger partial charge is 0.425 e. The van der Waals surface area contributed by atoms with E-state index in [1.807, 2.05) is 20.8 Å². The van der Waals surface area contributed by atoms with E-state index >= 15 is 0 Å². The Morgan fingerprint density at radius 3 is 1.27 bits per heavy atom. The van der Waals surface area contributed by atoms with Gasteiger partial charge in [-0.1, -0.05) is 26.1 Å². The average Bonchev–Trinajstić information content (AvgIpc) is 2.28. The lowest BCUT2D eigenvalue weighted by Crippen LogP contribution is -1.90. The Labute approximate surface area is 101 Å². The van der Waals surface area contributed by atoms with E-state index in [1.54, 1.807) is 0 Å². The van der Waals surface area contributed by atoms with E-state index in [9.17, 15) is 0 Å². The van der Waals surface area contributed by atoms with Crippen LogP contribution in [0.3, 0.4) is 0 Å². The van der Waals surface area contributed by atoms with Crippen LogP contribution < -0.4 is 0 Å². The fourth-order valence-corrected chi connectivity index (χ4v) is 0.779. The predicted octanol–water partition coefficient (Wildman–Crippen LogP) is 1.77. The summed E-state index contributed by atoms with van der Waals surface area (Å²) in [7, 11) is 0.338. The monoisotopic (exact) mass is 254 g/mol. The van der Waals surface area contributed by atoms with Crippen molar-refractivity contribution in [2.24, 2.45) is 0 Å². The van der Waals surface area contributed by atoms with Crippen molar-refractivity contribution in [3.63, 3.8) is 0 Å². The van der Waals surface area contributed by atoms with Gasteiger partial charge >= 0.3 is 0 Å². The van der Waals surface area contributed by atoms with Crippen molar-refractivity contribution >= 4 is 19.3 Å². The second-order valence-electron chi connectivity index (χ2n) is 2.59. The SMILES string of the molecule is CCOOCC.CCO[SiH2]C.CC[SiH2]C. The zero-order valence-electron chi connectivity index (χ0n) is 11.5. The molecule has 0 aliphatic heterocycles. The molecule has 0 spiro atoms. The molecule has 0 fully saturated rings. The third-order valence-electron chi connectivity index (χ3n) is 1.23. The topological polar surface area (TPSA) is 27.7 Å². The number of hydrogen-bond acceptors (Lipinski definition) is 3. The molecule has 3 nitrogen and oxygen atoms in total. The third kappa shape index (κ3) is 54.4. The summed E-state index contributed by atoms with van der Waals surface area (Å²) < 4.78 is 4.97. The Balaban J connectivity index is -0.000000147. The summed E-state index contributed by atoms with van der Waals surface area (Å²) in [5.41, 5.74) is 0. The summed E-state index contributed by atoms with van der Waals surface area (Å²) in [6.45, 7) is 14.7. The Morgan fingerprint density at radius 1 is 0.800 bits per heavy atom. The first-order valence-electron chi connectivity index (χ1n) is 6.06. The van der Waals surface area contributed by atoms with Gasteiger partial charge in [-0.3, -0.25) is 0 Å². The molecule has 0 bridgehead atoms. The van der Waals surface area contributed by atoms with Crippen LogP contribution in [0.5, 0.6) is 0 Å². The summed E-state index contributed by atoms with van der Waals surface area (Å²) >= 11 is 0. The highest BCUT2D eigenvalue weighted by Crippen LogP contribution is 1.72. The summed E-state index contributed by atoms with van der Waals surface area (Å²) in [6, 6.07) is 1.46. The van der Waals surface area contributed by atoms with Crippen LogP contribution in [0.4, 0.5) is 0 Å². The minimum absolute atomic E-state index is 0.0860. The van der Waals surface area contributed by atoms with E-state index in [0.29, 0.717) is 22.7 Å². The maximum absolute atomic E-state index is 4.97. The van der Waals surface area contributed by atoms with Gasteiger partial charge in [0.1, 0.15) is 0 Å². The fraction of sp³-hybridized carbons (Fsp3) is 1.00. The van der Waals surface area contributed by atoms with Crippen LogP contribution in [-0.4, -0.2) is 39.1 Å². The van der Waals surface area contributed by atoms with Gasteiger partial charge < -0.3 is 4.43 Å². The van der Waals surface area contributed by atoms with Crippen LogP contribution in [-0.2, 0) is 14.2 Å². The smallest absolute Gasteiger partial charge is 0.158 e. The Morgan fingerprint density at radius 2 is 1.20 bits per heavy atom. The first-order valence-corrected chi connectivity index (χ1v) is 10.5. The Hall–Kier alpha value is 0.314. The van der Waals surface area contributed by atoms with Crippen LogP contribution in [0, 0.1) is 0 Å². The molecule has 0 aliphatic rings. The summed E-state index contributed by atoms with van der Waals surface area (Å²) in [6.07, 6.45) is 0. The molecule has 0 amide bonds. The van der Waals surface area contributed by atoms with Crippen molar-refractivity contribution in [3.05, 3.63) is 0 Å². The molecule has 0 aliphatic carbocycles. The molecule has 5 heteroatoms. The van der Waals surface area contributed by atoms with Crippen LogP contribution in [0.1, 0.15) is 27.7 Å². The van der Waals surface area contributed by atoms with Crippen molar-refractivity contribution in [1.82, 2.24) is 0 Å². The van der Waals surface area contributed by atoms with Gasteiger partial charge in [0.25, 0.3) is 0 Å². The first kappa shape index (κ1) is 20.7. The molecule has 0 unspecified atom stereocenters. The van der Waals surface area contributed by atoms with E-state index in [0.717, 1.165) is 6.61 Å². The zero-order chi connectivity index (χ0) is 12.4. The van der Waals surface area contributed by atoms with Gasteiger partial charge in [-0.15, -0.1) is 0 Å². The third-order valence-corrected chi connectivity index (χ3v) is 3.04. The van der Waals surface area contributed by atoms with Crippen molar-refractivity contribution < 1.29 is 14.2 Å². The lowest BCUT2D eigenvalue weighted by molar-refractivity contribution is -0.287. The minimum Gasteiger partial charge on any atom is -0.425 e. The molecule has 0 N–H and O–H groups in total. The molecule has 0 aromatic heterocycles. The lowest BCUT2D eigenvalue weighted by Gasteiger charge is -1.92. The number of rotatable bonds is 6. The Kier molecular flexibility index (Phi) is 40.3. The number of hydrogen-bond donors (Lipinski definition) is 0.